The number of carboxylic acid groups (broad SMARTS) is 1. The van der Waals surface area contributed by atoms with Gasteiger partial charge in [0.15, 0.2) is 0 Å². The highest BCUT2D eigenvalue weighted by Gasteiger charge is 2.14. The van der Waals surface area contributed by atoms with Crippen molar-refractivity contribution < 1.29 is 19.4 Å². The second-order valence-electron chi connectivity index (χ2n) is 14.2. The number of esters is 1. The van der Waals surface area contributed by atoms with Gasteiger partial charge < -0.3 is 9.84 Å². The third-order valence-corrected chi connectivity index (χ3v) is 9.27. The number of aliphatic carboxylic acids is 1. The molecule has 0 aliphatic rings. The van der Waals surface area contributed by atoms with Crippen LogP contribution in [-0.4, -0.2) is 23.1 Å². The fraction of sp³-hybridized carbons (Fsp3) is 0.778. The molecule has 0 aromatic heterocycles. The number of allylic oxidation sites excluding steroid dienone is 8. The first kappa shape index (κ1) is 46.9. The van der Waals surface area contributed by atoms with Crippen molar-refractivity contribution >= 4 is 11.9 Å². The average Bonchev–Trinajstić information content (AvgIpc) is 3.09. The summed E-state index contributed by atoms with van der Waals surface area (Å²) in [6.07, 6.45) is 54.2. The molecule has 0 radical (unpaired) electrons. The Bertz CT molecular complexity index is 824. The minimum atomic E-state index is -0.708. The summed E-state index contributed by atoms with van der Waals surface area (Å²) in [5.41, 5.74) is 0. The number of hydrogen-bond acceptors (Lipinski definition) is 3. The van der Waals surface area contributed by atoms with Gasteiger partial charge in [-0.2, -0.15) is 0 Å². The molecule has 4 nitrogen and oxygen atoms in total. The van der Waals surface area contributed by atoms with Crippen LogP contribution < -0.4 is 0 Å². The zero-order valence-electron chi connectivity index (χ0n) is 32.5. The van der Waals surface area contributed by atoms with Crippen molar-refractivity contribution in [3.8, 4) is 0 Å². The van der Waals surface area contributed by atoms with E-state index in [1.807, 2.05) is 0 Å². The Kier molecular flexibility index (Phi) is 38.6. The summed E-state index contributed by atoms with van der Waals surface area (Å²) in [6.45, 7) is 4.52. The summed E-state index contributed by atoms with van der Waals surface area (Å²) in [4.78, 5) is 23.4. The molecule has 1 N–H and O–H groups in total. The molecule has 0 heterocycles. The van der Waals surface area contributed by atoms with Gasteiger partial charge in [0.2, 0.25) is 0 Å². The molecule has 0 bridgehead atoms. The predicted octanol–water partition coefficient (Wildman–Crippen LogP) is 14.7. The average molecular weight is 685 g/mol. The third kappa shape index (κ3) is 40.2. The van der Waals surface area contributed by atoms with E-state index < -0.39 is 5.97 Å². The minimum absolute atomic E-state index is 0.00754. The zero-order chi connectivity index (χ0) is 35.7. The second kappa shape index (κ2) is 40.3. The Morgan fingerprint density at radius 3 is 1.31 bits per heavy atom. The number of carbonyl (C=O) groups is 2. The molecule has 4 heteroatoms. The van der Waals surface area contributed by atoms with Crippen LogP contribution in [0.3, 0.4) is 0 Å². The van der Waals surface area contributed by atoms with Gasteiger partial charge in [-0.05, 0) is 96.3 Å². The number of rotatable bonds is 38. The topological polar surface area (TPSA) is 63.6 Å². The molecule has 49 heavy (non-hydrogen) atoms. The molecule has 0 saturated heterocycles. The van der Waals surface area contributed by atoms with Gasteiger partial charge in [-0.1, -0.05) is 159 Å². The normalized spacial score (nSPS) is 12.7. The predicted molar refractivity (Wildman–Crippen MR) is 213 cm³/mol. The molecule has 284 valence electrons. The minimum Gasteiger partial charge on any atom is -0.481 e. The van der Waals surface area contributed by atoms with Crippen LogP contribution in [0.4, 0.5) is 0 Å². The maximum Gasteiger partial charge on any atom is 0.306 e. The fourth-order valence-corrected chi connectivity index (χ4v) is 6.13. The first-order valence-electron chi connectivity index (χ1n) is 21.1. The van der Waals surface area contributed by atoms with Crippen LogP contribution in [0.15, 0.2) is 48.6 Å². The van der Waals surface area contributed by atoms with Crippen molar-refractivity contribution in [1.82, 2.24) is 0 Å². The summed E-state index contributed by atoms with van der Waals surface area (Å²) in [5.74, 6) is -0.736. The molecule has 0 aliphatic heterocycles. The molecular weight excluding hydrogens is 604 g/mol. The number of carbonyl (C=O) groups excluding carboxylic acids is 1. The zero-order valence-corrected chi connectivity index (χ0v) is 32.5. The molecule has 1 atom stereocenters. The van der Waals surface area contributed by atoms with Crippen LogP contribution >= 0.6 is 0 Å². The van der Waals surface area contributed by atoms with Gasteiger partial charge in [0.1, 0.15) is 6.10 Å². The molecular formula is C45H80O4. The van der Waals surface area contributed by atoms with Crippen molar-refractivity contribution in [3.63, 3.8) is 0 Å². The van der Waals surface area contributed by atoms with Crippen molar-refractivity contribution in [2.24, 2.45) is 0 Å². The van der Waals surface area contributed by atoms with Gasteiger partial charge >= 0.3 is 11.9 Å². The lowest BCUT2D eigenvalue weighted by Crippen LogP contribution is -2.18. The van der Waals surface area contributed by atoms with Gasteiger partial charge in [0, 0.05) is 12.8 Å². The van der Waals surface area contributed by atoms with Gasteiger partial charge in [-0.25, -0.2) is 0 Å². The van der Waals surface area contributed by atoms with E-state index in [2.05, 4.69) is 62.5 Å². The molecule has 0 spiro atoms. The van der Waals surface area contributed by atoms with Crippen LogP contribution in [0.2, 0.25) is 0 Å². The van der Waals surface area contributed by atoms with E-state index in [0.29, 0.717) is 6.42 Å². The van der Waals surface area contributed by atoms with Crippen molar-refractivity contribution in [1.29, 1.82) is 0 Å². The Morgan fingerprint density at radius 1 is 0.449 bits per heavy atom. The second-order valence-corrected chi connectivity index (χ2v) is 14.2. The van der Waals surface area contributed by atoms with E-state index in [-0.39, 0.29) is 18.5 Å². The van der Waals surface area contributed by atoms with E-state index >= 15 is 0 Å². The monoisotopic (exact) mass is 685 g/mol. The molecule has 0 aromatic rings. The number of carboxylic acids is 1. The Morgan fingerprint density at radius 2 is 0.816 bits per heavy atom. The SMILES string of the molecule is CCCCCC/C=C\C/C=C\CCCCCCCCCC(=O)OC(CCC/C=C\C/C=C\CCCCCCC)CCCCCCCC(=O)O. The van der Waals surface area contributed by atoms with Gasteiger partial charge in [0.25, 0.3) is 0 Å². The quantitative estimate of drug-likeness (QED) is 0.0399. The Hall–Kier alpha value is -2.10. The summed E-state index contributed by atoms with van der Waals surface area (Å²) in [6, 6.07) is 0. The summed E-state index contributed by atoms with van der Waals surface area (Å²) < 4.78 is 5.99. The first-order valence-corrected chi connectivity index (χ1v) is 21.1. The highest BCUT2D eigenvalue weighted by Crippen LogP contribution is 2.18. The Labute approximate surface area is 304 Å². The molecule has 0 aromatic carbocycles. The maximum atomic E-state index is 12.7. The van der Waals surface area contributed by atoms with Crippen molar-refractivity contribution in [2.45, 2.75) is 225 Å². The molecule has 0 saturated carbocycles. The molecule has 1 unspecified atom stereocenters. The van der Waals surface area contributed by atoms with E-state index in [1.165, 1.54) is 109 Å². The standard InChI is InChI=1S/C45H80O4/c1-3-5-7-9-11-13-15-17-18-19-20-21-23-25-27-29-34-38-42-45(48)49-43(40-36-32-30-33-37-41-44(46)47)39-35-31-28-26-24-22-16-14-12-10-8-6-4-2/h13,15-16,18-19,22,26,28,43H,3-12,14,17,20-21,23-25,27,29-42H2,1-2H3,(H,46,47)/b15-13-,19-18-,22-16-,28-26-. The number of hydrogen-bond donors (Lipinski definition) is 1. The molecule has 0 aliphatic carbocycles. The van der Waals surface area contributed by atoms with Crippen molar-refractivity contribution in [2.75, 3.05) is 0 Å². The highest BCUT2D eigenvalue weighted by atomic mass is 16.5. The van der Waals surface area contributed by atoms with Gasteiger partial charge in [-0.3, -0.25) is 9.59 Å². The van der Waals surface area contributed by atoms with Crippen LogP contribution in [0.1, 0.15) is 219 Å². The smallest absolute Gasteiger partial charge is 0.306 e. The number of unbranched alkanes of at least 4 members (excludes halogenated alkanes) is 21. The first-order chi connectivity index (χ1) is 24.1. The number of ether oxygens (including phenoxy) is 1. The van der Waals surface area contributed by atoms with Crippen LogP contribution in [0, 0.1) is 0 Å². The molecule has 0 amide bonds. The van der Waals surface area contributed by atoms with Gasteiger partial charge in [0.05, 0.1) is 0 Å². The lowest BCUT2D eigenvalue weighted by molar-refractivity contribution is -0.150. The molecule has 0 fully saturated rings. The molecule has 0 rings (SSSR count). The van der Waals surface area contributed by atoms with Crippen molar-refractivity contribution in [3.05, 3.63) is 48.6 Å². The lowest BCUT2D eigenvalue weighted by atomic mass is 10.0. The Balaban J connectivity index is 4.09. The fourth-order valence-electron chi connectivity index (χ4n) is 6.13. The highest BCUT2D eigenvalue weighted by molar-refractivity contribution is 5.69. The third-order valence-electron chi connectivity index (χ3n) is 9.27. The summed E-state index contributed by atoms with van der Waals surface area (Å²) >= 11 is 0. The maximum absolute atomic E-state index is 12.7. The largest absolute Gasteiger partial charge is 0.481 e. The summed E-state index contributed by atoms with van der Waals surface area (Å²) in [5, 5.41) is 8.83. The summed E-state index contributed by atoms with van der Waals surface area (Å²) in [7, 11) is 0. The van der Waals surface area contributed by atoms with Crippen LogP contribution in [0.25, 0.3) is 0 Å². The van der Waals surface area contributed by atoms with E-state index in [9.17, 15) is 9.59 Å². The van der Waals surface area contributed by atoms with Crippen LogP contribution in [0.5, 0.6) is 0 Å². The lowest BCUT2D eigenvalue weighted by Gasteiger charge is -2.18. The van der Waals surface area contributed by atoms with Crippen LogP contribution in [-0.2, 0) is 14.3 Å². The van der Waals surface area contributed by atoms with Gasteiger partial charge in [-0.15, -0.1) is 0 Å². The van der Waals surface area contributed by atoms with E-state index in [4.69, 9.17) is 9.84 Å². The van der Waals surface area contributed by atoms with E-state index in [1.54, 1.807) is 0 Å². The van der Waals surface area contributed by atoms with E-state index in [0.717, 1.165) is 83.5 Å².